The summed E-state index contributed by atoms with van der Waals surface area (Å²) in [5.41, 5.74) is -3.21. The van der Waals surface area contributed by atoms with E-state index in [1.165, 1.54) is 0 Å². The topological polar surface area (TPSA) is 114 Å². The molecule has 0 amide bonds. The number of ether oxygens (including phenoxy) is 2. The third kappa shape index (κ3) is 1.05. The minimum absolute atomic E-state index is 0.278. The number of hydrogen-bond acceptors (Lipinski definition) is 6. The smallest absolute Gasteiger partial charge is 0.217 e. The fourth-order valence-corrected chi connectivity index (χ4v) is 4.12. The van der Waals surface area contributed by atoms with Gasteiger partial charge in [-0.25, -0.2) is 0 Å². The molecule has 0 spiro atoms. The van der Waals surface area contributed by atoms with Crippen molar-refractivity contribution >= 4 is 5.90 Å². The van der Waals surface area contributed by atoms with Gasteiger partial charge in [0.1, 0.15) is 0 Å². The molecule has 1 aliphatic carbocycles. The van der Waals surface area contributed by atoms with Crippen molar-refractivity contribution < 1.29 is 9.47 Å². The lowest BCUT2D eigenvalue weighted by Gasteiger charge is -2.50. The Morgan fingerprint density at radius 3 is 2.50 bits per heavy atom. The molecule has 0 aromatic heterocycles. The predicted molar refractivity (Wildman–Crippen MR) is 65.8 cm³/mol. The Morgan fingerprint density at radius 1 is 1.20 bits per heavy atom. The highest BCUT2D eigenvalue weighted by Gasteiger charge is 2.79. The first-order valence-corrected chi connectivity index (χ1v) is 6.72. The number of nitrogens with one attached hydrogen (secondary N) is 1. The summed E-state index contributed by atoms with van der Waals surface area (Å²) in [5, 5.41) is 37.1. The van der Waals surface area contributed by atoms with Gasteiger partial charge < -0.3 is 9.47 Å². The van der Waals surface area contributed by atoms with Crippen molar-refractivity contribution in [1.29, 1.82) is 21.2 Å². The summed E-state index contributed by atoms with van der Waals surface area (Å²) in [6.45, 7) is 1.62. The van der Waals surface area contributed by atoms with Crippen molar-refractivity contribution in [2.45, 2.75) is 44.5 Å². The fraction of sp³-hybridized carbons (Fsp3) is 0.714. The maximum atomic E-state index is 9.76. The van der Waals surface area contributed by atoms with Crippen LogP contribution < -0.4 is 0 Å². The van der Waals surface area contributed by atoms with Crippen LogP contribution in [0.15, 0.2) is 0 Å². The molecule has 1 saturated carbocycles. The van der Waals surface area contributed by atoms with Crippen molar-refractivity contribution in [2.75, 3.05) is 0 Å². The lowest BCUT2D eigenvalue weighted by atomic mass is 9.52. The molecule has 20 heavy (non-hydrogen) atoms. The van der Waals surface area contributed by atoms with Crippen LogP contribution in [0.5, 0.6) is 0 Å². The zero-order valence-corrected chi connectivity index (χ0v) is 11.1. The molecule has 6 heteroatoms. The van der Waals surface area contributed by atoms with Crippen molar-refractivity contribution in [3.05, 3.63) is 0 Å². The number of nitrogens with zero attached hydrogens (tertiary/aromatic N) is 3. The largest absolute Gasteiger partial charge is 0.447 e. The van der Waals surface area contributed by atoms with Crippen molar-refractivity contribution in [1.82, 2.24) is 0 Å². The minimum atomic E-state index is -1.69. The molecule has 1 N–H and O–H groups in total. The highest BCUT2D eigenvalue weighted by molar-refractivity contribution is 5.89. The third-order valence-corrected chi connectivity index (χ3v) is 5.09. The highest BCUT2D eigenvalue weighted by atomic mass is 16.7. The SMILES string of the molecule is C[C@@H]1O[C@@]23CCCC[C@H]2[C@@](C#N)(C(=N)O3)C1(C#N)C#N. The van der Waals surface area contributed by atoms with Crippen LogP contribution in [0.25, 0.3) is 0 Å². The van der Waals surface area contributed by atoms with Gasteiger partial charge in [0, 0.05) is 6.42 Å². The van der Waals surface area contributed by atoms with Crippen LogP contribution in [0, 0.1) is 56.2 Å². The number of rotatable bonds is 0. The van der Waals surface area contributed by atoms with Gasteiger partial charge in [0.05, 0.1) is 30.2 Å². The Labute approximate surface area is 117 Å². The molecule has 3 aliphatic rings. The lowest BCUT2D eigenvalue weighted by Crippen LogP contribution is -2.62. The summed E-state index contributed by atoms with van der Waals surface area (Å²) in [5.74, 6) is -1.70. The van der Waals surface area contributed by atoms with E-state index in [0.29, 0.717) is 12.8 Å². The van der Waals surface area contributed by atoms with E-state index in [1.54, 1.807) is 6.92 Å². The van der Waals surface area contributed by atoms with Crippen LogP contribution in [0.1, 0.15) is 32.6 Å². The second-order valence-corrected chi connectivity index (χ2v) is 5.75. The van der Waals surface area contributed by atoms with Gasteiger partial charge >= 0.3 is 0 Å². The predicted octanol–water partition coefficient (Wildman–Crippen LogP) is 1.84. The fourth-order valence-electron chi connectivity index (χ4n) is 4.12. The molecule has 6 nitrogen and oxygen atoms in total. The summed E-state index contributed by atoms with van der Waals surface area (Å²) in [6, 6.07) is 6.04. The minimum Gasteiger partial charge on any atom is -0.447 e. The number of hydrogen-bond donors (Lipinski definition) is 1. The Morgan fingerprint density at radius 2 is 1.90 bits per heavy atom. The molecule has 2 heterocycles. The van der Waals surface area contributed by atoms with E-state index in [4.69, 9.17) is 14.9 Å². The first kappa shape index (κ1) is 12.9. The molecule has 0 unspecified atom stereocenters. The van der Waals surface area contributed by atoms with Gasteiger partial charge in [0.2, 0.25) is 11.7 Å². The molecule has 2 aliphatic heterocycles. The zero-order chi connectivity index (χ0) is 14.6. The van der Waals surface area contributed by atoms with E-state index < -0.39 is 28.6 Å². The summed E-state index contributed by atoms with van der Waals surface area (Å²) >= 11 is 0. The molecule has 3 rings (SSSR count). The molecule has 2 saturated heterocycles. The van der Waals surface area contributed by atoms with Crippen LogP contribution in [0.4, 0.5) is 0 Å². The summed E-state index contributed by atoms with van der Waals surface area (Å²) in [6.07, 6.45) is 2.24. The molecule has 4 atom stereocenters. The van der Waals surface area contributed by atoms with Crippen LogP contribution in [0.2, 0.25) is 0 Å². The molecular formula is C14H14N4O2. The maximum Gasteiger partial charge on any atom is 0.217 e. The monoisotopic (exact) mass is 270 g/mol. The average molecular weight is 270 g/mol. The first-order valence-electron chi connectivity index (χ1n) is 6.72. The van der Waals surface area contributed by atoms with Crippen molar-refractivity contribution in [3.8, 4) is 18.2 Å². The van der Waals surface area contributed by atoms with Crippen LogP contribution in [0.3, 0.4) is 0 Å². The molecule has 0 aromatic rings. The average Bonchev–Trinajstić information content (AvgIpc) is 2.66. The molecule has 102 valence electrons. The zero-order valence-electron chi connectivity index (χ0n) is 11.1. The molecule has 3 fully saturated rings. The van der Waals surface area contributed by atoms with Crippen LogP contribution >= 0.6 is 0 Å². The van der Waals surface area contributed by atoms with E-state index in [2.05, 4.69) is 6.07 Å². The quantitative estimate of drug-likeness (QED) is 0.721. The lowest BCUT2D eigenvalue weighted by molar-refractivity contribution is -0.287. The van der Waals surface area contributed by atoms with E-state index in [1.807, 2.05) is 12.1 Å². The number of nitriles is 3. The standard InChI is InChI=1S/C14H14N4O2/c1-9-12(6-15,7-16)13(8-17)10-4-2-3-5-14(10,19-9)20-11(13)18/h9-10,18H,2-5H2,1H3/t9-,10-,13-,14+/m0/s1. The van der Waals surface area contributed by atoms with Gasteiger partial charge in [-0.3, -0.25) is 5.41 Å². The van der Waals surface area contributed by atoms with Crippen molar-refractivity contribution in [3.63, 3.8) is 0 Å². The third-order valence-electron chi connectivity index (χ3n) is 5.09. The Hall–Kier alpha value is -2.10. The molecule has 2 bridgehead atoms. The first-order chi connectivity index (χ1) is 9.53. The molecule has 0 aromatic carbocycles. The van der Waals surface area contributed by atoms with E-state index in [0.717, 1.165) is 12.8 Å². The van der Waals surface area contributed by atoms with E-state index in [-0.39, 0.29) is 5.90 Å². The van der Waals surface area contributed by atoms with Crippen molar-refractivity contribution in [2.24, 2.45) is 16.7 Å². The summed E-state index contributed by atoms with van der Waals surface area (Å²) < 4.78 is 11.5. The second-order valence-electron chi connectivity index (χ2n) is 5.75. The Kier molecular flexibility index (Phi) is 2.40. The van der Waals surface area contributed by atoms with Crippen LogP contribution in [-0.2, 0) is 9.47 Å². The Bertz CT molecular complexity index is 596. The summed E-state index contributed by atoms with van der Waals surface area (Å²) in [7, 11) is 0. The van der Waals surface area contributed by atoms with Gasteiger partial charge in [-0.1, -0.05) is 6.42 Å². The summed E-state index contributed by atoms with van der Waals surface area (Å²) in [4.78, 5) is 0. The Balaban J connectivity index is 2.30. The van der Waals surface area contributed by atoms with Gasteiger partial charge in [-0.2, -0.15) is 15.8 Å². The van der Waals surface area contributed by atoms with Gasteiger partial charge in [0.15, 0.2) is 10.8 Å². The normalized spacial score (nSPS) is 44.4. The van der Waals surface area contributed by atoms with Crippen LogP contribution in [-0.4, -0.2) is 17.8 Å². The van der Waals surface area contributed by atoms with Gasteiger partial charge in [0.25, 0.3) is 0 Å². The second kappa shape index (κ2) is 3.72. The maximum absolute atomic E-state index is 9.76. The van der Waals surface area contributed by atoms with Gasteiger partial charge in [-0.15, -0.1) is 0 Å². The van der Waals surface area contributed by atoms with Gasteiger partial charge in [-0.05, 0) is 19.8 Å². The highest BCUT2D eigenvalue weighted by Crippen LogP contribution is 2.66. The van der Waals surface area contributed by atoms with E-state index in [9.17, 15) is 15.8 Å². The molecule has 0 radical (unpaired) electrons. The molecular weight excluding hydrogens is 256 g/mol. The van der Waals surface area contributed by atoms with E-state index >= 15 is 0 Å².